The maximum Gasteiger partial charge on any atom is 0.325 e. The fourth-order valence-electron chi connectivity index (χ4n) is 3.44. The molecule has 160 valence electrons. The predicted octanol–water partition coefficient (Wildman–Crippen LogP) is 3.42. The number of benzene rings is 2. The summed E-state index contributed by atoms with van der Waals surface area (Å²) >= 11 is 0. The number of amides is 3. The van der Waals surface area contributed by atoms with Gasteiger partial charge in [-0.1, -0.05) is 61.5 Å². The third kappa shape index (κ3) is 4.74. The number of hydrogen-bond donors (Lipinski definition) is 1. The van der Waals surface area contributed by atoms with Crippen molar-refractivity contribution in [3.8, 4) is 11.4 Å². The van der Waals surface area contributed by atoms with Crippen LogP contribution in [0.1, 0.15) is 31.2 Å². The second-order valence-electron chi connectivity index (χ2n) is 7.76. The van der Waals surface area contributed by atoms with Crippen LogP contribution in [-0.2, 0) is 11.3 Å². The number of nitrogens with one attached hydrogen (secondary N) is 1. The smallest absolute Gasteiger partial charge is 0.325 e. The number of aromatic nitrogens is 2. The van der Waals surface area contributed by atoms with Crippen molar-refractivity contribution in [1.82, 2.24) is 20.4 Å². The van der Waals surface area contributed by atoms with E-state index >= 15 is 0 Å². The van der Waals surface area contributed by atoms with Crippen LogP contribution in [0, 0.1) is 0 Å². The zero-order valence-corrected chi connectivity index (χ0v) is 17.6. The predicted molar refractivity (Wildman–Crippen MR) is 116 cm³/mol. The summed E-state index contributed by atoms with van der Waals surface area (Å²) in [6.07, 6.45) is 0. The standard InChI is InChI=1S/C23H25N5O3/c1-16(2)17-8-10-19(11-9-17)28-13-12-27(23(28)30)15-20(29)24-14-21-25-22(26-31-21)18-6-4-3-5-7-18/h3-11,16H,12-15H2,1-2H3,(H,24,29). The van der Waals surface area contributed by atoms with E-state index in [1.807, 2.05) is 54.6 Å². The molecule has 0 atom stereocenters. The van der Waals surface area contributed by atoms with Crippen LogP contribution in [0.2, 0.25) is 0 Å². The summed E-state index contributed by atoms with van der Waals surface area (Å²) in [5.74, 6) is 0.946. The van der Waals surface area contributed by atoms with Gasteiger partial charge in [-0.15, -0.1) is 0 Å². The van der Waals surface area contributed by atoms with E-state index in [1.165, 1.54) is 10.5 Å². The summed E-state index contributed by atoms with van der Waals surface area (Å²) in [5, 5.41) is 6.67. The van der Waals surface area contributed by atoms with Crippen molar-refractivity contribution >= 4 is 17.6 Å². The lowest BCUT2D eigenvalue weighted by atomic mass is 10.0. The molecule has 8 heteroatoms. The third-order valence-electron chi connectivity index (χ3n) is 5.24. The van der Waals surface area contributed by atoms with Gasteiger partial charge in [0.2, 0.25) is 17.6 Å². The molecule has 8 nitrogen and oxygen atoms in total. The number of carbonyl (C=O) groups excluding carboxylic acids is 2. The first kappa shape index (κ1) is 20.6. The fourth-order valence-corrected chi connectivity index (χ4v) is 3.44. The first-order valence-electron chi connectivity index (χ1n) is 10.3. The zero-order chi connectivity index (χ0) is 21.8. The van der Waals surface area contributed by atoms with Gasteiger partial charge in [-0.2, -0.15) is 4.98 Å². The SMILES string of the molecule is CC(C)c1ccc(N2CCN(CC(=O)NCc3nc(-c4ccccc4)no3)C2=O)cc1. The number of anilines is 1. The lowest BCUT2D eigenvalue weighted by Gasteiger charge is -2.19. The van der Waals surface area contributed by atoms with Crippen LogP contribution in [0.4, 0.5) is 10.5 Å². The molecular weight excluding hydrogens is 394 g/mol. The molecule has 31 heavy (non-hydrogen) atoms. The average molecular weight is 419 g/mol. The van der Waals surface area contributed by atoms with Crippen LogP contribution in [-0.4, -0.2) is 46.6 Å². The van der Waals surface area contributed by atoms with Crippen LogP contribution in [0.5, 0.6) is 0 Å². The largest absolute Gasteiger partial charge is 0.345 e. The second-order valence-corrected chi connectivity index (χ2v) is 7.76. The number of rotatable bonds is 7. The Bertz CT molecular complexity index is 1050. The first-order valence-corrected chi connectivity index (χ1v) is 10.3. The first-order chi connectivity index (χ1) is 15.0. The van der Waals surface area contributed by atoms with Gasteiger partial charge < -0.3 is 14.7 Å². The number of carbonyl (C=O) groups is 2. The lowest BCUT2D eigenvalue weighted by Crippen LogP contribution is -2.39. The van der Waals surface area contributed by atoms with E-state index in [-0.39, 0.29) is 25.0 Å². The third-order valence-corrected chi connectivity index (χ3v) is 5.24. The fraction of sp³-hybridized carbons (Fsp3) is 0.304. The van der Waals surface area contributed by atoms with Crippen LogP contribution in [0.3, 0.4) is 0 Å². The summed E-state index contributed by atoms with van der Waals surface area (Å²) in [7, 11) is 0. The second kappa shape index (κ2) is 8.99. The molecule has 0 saturated carbocycles. The normalized spacial score (nSPS) is 13.8. The molecule has 2 heterocycles. The lowest BCUT2D eigenvalue weighted by molar-refractivity contribution is -0.121. The highest BCUT2D eigenvalue weighted by molar-refractivity contribution is 5.96. The summed E-state index contributed by atoms with van der Waals surface area (Å²) in [5.41, 5.74) is 2.91. The van der Waals surface area contributed by atoms with Crippen LogP contribution < -0.4 is 10.2 Å². The van der Waals surface area contributed by atoms with Crippen molar-refractivity contribution in [3.05, 3.63) is 66.1 Å². The van der Waals surface area contributed by atoms with Crippen LogP contribution in [0.25, 0.3) is 11.4 Å². The van der Waals surface area contributed by atoms with E-state index in [0.29, 0.717) is 30.7 Å². The molecule has 3 amide bonds. The van der Waals surface area contributed by atoms with E-state index in [2.05, 4.69) is 29.3 Å². The van der Waals surface area contributed by atoms with E-state index in [9.17, 15) is 9.59 Å². The van der Waals surface area contributed by atoms with Gasteiger partial charge >= 0.3 is 6.03 Å². The molecule has 1 aromatic heterocycles. The maximum atomic E-state index is 12.7. The Balaban J connectivity index is 1.29. The quantitative estimate of drug-likeness (QED) is 0.634. The molecule has 0 radical (unpaired) electrons. The van der Waals surface area contributed by atoms with Crippen LogP contribution >= 0.6 is 0 Å². The van der Waals surface area contributed by atoms with Gasteiger partial charge in [0.25, 0.3) is 0 Å². The van der Waals surface area contributed by atoms with E-state index < -0.39 is 0 Å². The highest BCUT2D eigenvalue weighted by Gasteiger charge is 2.30. The summed E-state index contributed by atoms with van der Waals surface area (Å²) in [4.78, 5) is 32.6. The van der Waals surface area contributed by atoms with Gasteiger partial charge in [0, 0.05) is 24.3 Å². The molecule has 0 unspecified atom stereocenters. The molecule has 0 spiro atoms. The van der Waals surface area contributed by atoms with E-state index in [1.54, 1.807) is 4.90 Å². The highest BCUT2D eigenvalue weighted by atomic mass is 16.5. The minimum Gasteiger partial charge on any atom is -0.345 e. The van der Waals surface area contributed by atoms with E-state index in [4.69, 9.17) is 4.52 Å². The number of hydrogen-bond acceptors (Lipinski definition) is 5. The number of urea groups is 1. The molecule has 1 aliphatic rings. The molecule has 1 saturated heterocycles. The highest BCUT2D eigenvalue weighted by Crippen LogP contribution is 2.23. The van der Waals surface area contributed by atoms with Crippen molar-refractivity contribution < 1.29 is 14.1 Å². The average Bonchev–Trinajstić information content (AvgIpc) is 3.40. The van der Waals surface area contributed by atoms with Gasteiger partial charge in [-0.25, -0.2) is 4.79 Å². The molecule has 1 aliphatic heterocycles. The summed E-state index contributed by atoms with van der Waals surface area (Å²) < 4.78 is 5.20. The molecule has 4 rings (SSSR count). The molecule has 0 bridgehead atoms. The molecule has 1 fully saturated rings. The Morgan fingerprint density at radius 2 is 1.84 bits per heavy atom. The topological polar surface area (TPSA) is 91.6 Å². The zero-order valence-electron chi connectivity index (χ0n) is 17.6. The van der Waals surface area contributed by atoms with Crippen molar-refractivity contribution in [2.24, 2.45) is 0 Å². The van der Waals surface area contributed by atoms with Gasteiger partial charge in [0.15, 0.2) is 0 Å². The Morgan fingerprint density at radius 1 is 1.10 bits per heavy atom. The van der Waals surface area contributed by atoms with Gasteiger partial charge in [0.05, 0.1) is 6.54 Å². The Morgan fingerprint density at radius 3 is 2.55 bits per heavy atom. The van der Waals surface area contributed by atoms with Gasteiger partial charge in [-0.05, 0) is 23.6 Å². The van der Waals surface area contributed by atoms with Crippen molar-refractivity contribution in [1.29, 1.82) is 0 Å². The minimum absolute atomic E-state index is 0.0148. The monoisotopic (exact) mass is 419 g/mol. The molecule has 2 aromatic carbocycles. The Labute approximate surface area is 180 Å². The molecule has 0 aliphatic carbocycles. The summed E-state index contributed by atoms with van der Waals surface area (Å²) in [6, 6.07) is 17.3. The molecule has 3 aromatic rings. The Kier molecular flexibility index (Phi) is 5.97. The minimum atomic E-state index is -0.273. The van der Waals surface area contributed by atoms with E-state index in [0.717, 1.165) is 11.3 Å². The maximum absolute atomic E-state index is 12.7. The summed E-state index contributed by atoms with van der Waals surface area (Å²) in [6.45, 7) is 5.41. The van der Waals surface area contributed by atoms with Crippen molar-refractivity contribution in [3.63, 3.8) is 0 Å². The Hall–Kier alpha value is -3.68. The van der Waals surface area contributed by atoms with Gasteiger partial charge in [-0.3, -0.25) is 9.69 Å². The molecular formula is C23H25N5O3. The number of nitrogens with zero attached hydrogens (tertiary/aromatic N) is 4. The van der Waals surface area contributed by atoms with Crippen molar-refractivity contribution in [2.75, 3.05) is 24.5 Å². The van der Waals surface area contributed by atoms with Crippen molar-refractivity contribution in [2.45, 2.75) is 26.3 Å². The van der Waals surface area contributed by atoms with Gasteiger partial charge in [0.1, 0.15) is 6.54 Å². The molecule has 1 N–H and O–H groups in total. The van der Waals surface area contributed by atoms with Crippen LogP contribution in [0.15, 0.2) is 59.1 Å².